The molecule has 0 aromatic rings. The van der Waals surface area contributed by atoms with Crippen LogP contribution in [0.2, 0.25) is 0 Å². The molecule has 4 heteroatoms. The summed E-state index contributed by atoms with van der Waals surface area (Å²) in [6, 6.07) is 0.0203. The van der Waals surface area contributed by atoms with Gasteiger partial charge < -0.3 is 10.6 Å². The fourth-order valence-electron chi connectivity index (χ4n) is 1.74. The van der Waals surface area contributed by atoms with E-state index in [0.717, 1.165) is 24.5 Å². The number of amides is 1. The summed E-state index contributed by atoms with van der Waals surface area (Å²) in [6.07, 6.45) is 0.962. The molecule has 1 amide bonds. The lowest BCUT2D eigenvalue weighted by Crippen LogP contribution is -2.53. The zero-order chi connectivity index (χ0) is 11.4. The molecule has 0 spiro atoms. The number of carbonyl (C=O) groups is 1. The number of hydrogen-bond donors (Lipinski definition) is 1. The highest BCUT2D eigenvalue weighted by Gasteiger charge is 2.29. The van der Waals surface area contributed by atoms with E-state index in [1.807, 2.05) is 23.6 Å². The van der Waals surface area contributed by atoms with E-state index >= 15 is 0 Å². The Hall–Kier alpha value is -0.220. The van der Waals surface area contributed by atoms with Crippen molar-refractivity contribution in [3.05, 3.63) is 0 Å². The summed E-state index contributed by atoms with van der Waals surface area (Å²) in [5.41, 5.74) is 5.97. The van der Waals surface area contributed by atoms with Gasteiger partial charge in [0.05, 0.1) is 6.04 Å². The first-order valence-electron chi connectivity index (χ1n) is 5.71. The highest BCUT2D eigenvalue weighted by atomic mass is 32.2. The lowest BCUT2D eigenvalue weighted by molar-refractivity contribution is -0.135. The molecule has 3 atom stereocenters. The molecule has 1 fully saturated rings. The normalized spacial score (nSPS) is 26.1. The molecular weight excluding hydrogens is 208 g/mol. The molecule has 1 unspecified atom stereocenters. The van der Waals surface area contributed by atoms with Crippen LogP contribution < -0.4 is 5.73 Å². The summed E-state index contributed by atoms with van der Waals surface area (Å²) in [6.45, 7) is 7.08. The Morgan fingerprint density at radius 1 is 1.67 bits per heavy atom. The predicted octanol–water partition coefficient (Wildman–Crippen LogP) is 1.32. The molecule has 1 rings (SSSR count). The number of nitrogens with zero attached hydrogens (tertiary/aromatic N) is 1. The molecule has 15 heavy (non-hydrogen) atoms. The average molecular weight is 230 g/mol. The van der Waals surface area contributed by atoms with Gasteiger partial charge in [-0.05, 0) is 12.8 Å². The van der Waals surface area contributed by atoms with Gasteiger partial charge in [-0.2, -0.15) is 11.8 Å². The van der Waals surface area contributed by atoms with Crippen molar-refractivity contribution in [3.63, 3.8) is 0 Å². The van der Waals surface area contributed by atoms with Crippen molar-refractivity contribution in [1.29, 1.82) is 0 Å². The number of thioether (sulfide) groups is 1. The number of nitrogens with two attached hydrogens (primary N) is 1. The van der Waals surface area contributed by atoms with Gasteiger partial charge in [-0.3, -0.25) is 4.79 Å². The monoisotopic (exact) mass is 230 g/mol. The molecular formula is C11H22N2OS. The van der Waals surface area contributed by atoms with E-state index in [4.69, 9.17) is 5.73 Å². The average Bonchev–Trinajstić information content (AvgIpc) is 2.26. The van der Waals surface area contributed by atoms with Crippen LogP contribution in [0, 0.1) is 5.92 Å². The predicted molar refractivity (Wildman–Crippen MR) is 65.9 cm³/mol. The third-order valence-electron chi connectivity index (χ3n) is 3.19. The standard InChI is InChI=1S/C11H22N2OS/c1-4-8(2)10(12)11(14)13-5-6-15-7-9(13)3/h8-10H,4-7,12H2,1-3H3/t8-,9?,10-/m0/s1. The lowest BCUT2D eigenvalue weighted by Gasteiger charge is -2.35. The first kappa shape index (κ1) is 12.8. The Bertz CT molecular complexity index is 223. The molecule has 0 aliphatic carbocycles. The largest absolute Gasteiger partial charge is 0.337 e. The third-order valence-corrected chi connectivity index (χ3v) is 4.38. The van der Waals surface area contributed by atoms with Crippen molar-refractivity contribution >= 4 is 17.7 Å². The summed E-state index contributed by atoms with van der Waals surface area (Å²) in [5.74, 6) is 2.50. The van der Waals surface area contributed by atoms with Crippen molar-refractivity contribution in [2.45, 2.75) is 39.3 Å². The van der Waals surface area contributed by atoms with E-state index in [2.05, 4.69) is 13.8 Å². The summed E-state index contributed by atoms with van der Waals surface area (Å²) < 4.78 is 0. The zero-order valence-corrected chi connectivity index (χ0v) is 10.7. The highest BCUT2D eigenvalue weighted by Crippen LogP contribution is 2.18. The van der Waals surface area contributed by atoms with Crippen LogP contribution >= 0.6 is 11.8 Å². The fourth-order valence-corrected chi connectivity index (χ4v) is 2.76. The second kappa shape index (κ2) is 5.75. The molecule has 0 aromatic heterocycles. The van der Waals surface area contributed by atoms with E-state index in [0.29, 0.717) is 6.04 Å². The molecule has 0 aromatic carbocycles. The Kier molecular flexibility index (Phi) is 4.93. The first-order chi connectivity index (χ1) is 7.07. The van der Waals surface area contributed by atoms with Crippen LogP contribution in [-0.4, -0.2) is 40.9 Å². The van der Waals surface area contributed by atoms with Gasteiger partial charge in [0, 0.05) is 24.1 Å². The summed E-state index contributed by atoms with van der Waals surface area (Å²) in [7, 11) is 0. The summed E-state index contributed by atoms with van der Waals surface area (Å²) in [4.78, 5) is 14.1. The van der Waals surface area contributed by atoms with Gasteiger partial charge in [0.25, 0.3) is 0 Å². The lowest BCUT2D eigenvalue weighted by atomic mass is 9.98. The number of hydrogen-bond acceptors (Lipinski definition) is 3. The number of carbonyl (C=O) groups excluding carboxylic acids is 1. The maximum Gasteiger partial charge on any atom is 0.240 e. The van der Waals surface area contributed by atoms with Crippen molar-refractivity contribution in [2.75, 3.05) is 18.1 Å². The van der Waals surface area contributed by atoms with Gasteiger partial charge in [0.2, 0.25) is 5.91 Å². The van der Waals surface area contributed by atoms with Crippen molar-refractivity contribution in [2.24, 2.45) is 11.7 Å². The minimum atomic E-state index is -0.319. The molecule has 1 heterocycles. The minimum Gasteiger partial charge on any atom is -0.337 e. The smallest absolute Gasteiger partial charge is 0.240 e. The quantitative estimate of drug-likeness (QED) is 0.795. The van der Waals surface area contributed by atoms with Crippen LogP contribution in [-0.2, 0) is 4.79 Å². The zero-order valence-electron chi connectivity index (χ0n) is 9.90. The molecule has 0 radical (unpaired) electrons. The van der Waals surface area contributed by atoms with E-state index in [9.17, 15) is 4.79 Å². The first-order valence-corrected chi connectivity index (χ1v) is 6.87. The van der Waals surface area contributed by atoms with Gasteiger partial charge >= 0.3 is 0 Å². The van der Waals surface area contributed by atoms with E-state index in [-0.39, 0.29) is 17.9 Å². The molecule has 0 saturated carbocycles. The van der Waals surface area contributed by atoms with Crippen LogP contribution in [0.4, 0.5) is 0 Å². The van der Waals surface area contributed by atoms with Crippen LogP contribution in [0.3, 0.4) is 0 Å². The van der Waals surface area contributed by atoms with Crippen LogP contribution in [0.1, 0.15) is 27.2 Å². The second-order valence-corrected chi connectivity index (χ2v) is 5.52. The van der Waals surface area contributed by atoms with Crippen molar-refractivity contribution < 1.29 is 4.79 Å². The Morgan fingerprint density at radius 2 is 2.33 bits per heavy atom. The SMILES string of the molecule is CC[C@H](C)[C@H](N)C(=O)N1CCSCC1C. The molecule has 2 N–H and O–H groups in total. The van der Waals surface area contributed by atoms with E-state index in [1.165, 1.54) is 0 Å². The molecule has 3 nitrogen and oxygen atoms in total. The molecule has 1 aliphatic heterocycles. The Balaban J connectivity index is 2.57. The molecule has 1 saturated heterocycles. The van der Waals surface area contributed by atoms with Gasteiger partial charge in [0.15, 0.2) is 0 Å². The Labute approximate surface area is 96.8 Å². The van der Waals surface area contributed by atoms with Gasteiger partial charge in [-0.1, -0.05) is 20.3 Å². The topological polar surface area (TPSA) is 46.3 Å². The Morgan fingerprint density at radius 3 is 2.87 bits per heavy atom. The van der Waals surface area contributed by atoms with Crippen LogP contribution in [0.15, 0.2) is 0 Å². The van der Waals surface area contributed by atoms with Crippen molar-refractivity contribution in [3.8, 4) is 0 Å². The van der Waals surface area contributed by atoms with Crippen LogP contribution in [0.5, 0.6) is 0 Å². The van der Waals surface area contributed by atoms with Gasteiger partial charge in [-0.25, -0.2) is 0 Å². The van der Waals surface area contributed by atoms with E-state index < -0.39 is 0 Å². The fraction of sp³-hybridized carbons (Fsp3) is 0.909. The molecule has 0 bridgehead atoms. The van der Waals surface area contributed by atoms with Gasteiger partial charge in [-0.15, -0.1) is 0 Å². The maximum absolute atomic E-state index is 12.1. The van der Waals surface area contributed by atoms with Crippen LogP contribution in [0.25, 0.3) is 0 Å². The van der Waals surface area contributed by atoms with Gasteiger partial charge in [0.1, 0.15) is 0 Å². The third kappa shape index (κ3) is 3.11. The maximum atomic E-state index is 12.1. The summed E-state index contributed by atoms with van der Waals surface area (Å²) in [5, 5.41) is 0. The molecule has 1 aliphatic rings. The number of rotatable bonds is 3. The van der Waals surface area contributed by atoms with Crippen molar-refractivity contribution in [1.82, 2.24) is 4.90 Å². The molecule has 88 valence electrons. The summed E-state index contributed by atoms with van der Waals surface area (Å²) >= 11 is 1.92. The highest BCUT2D eigenvalue weighted by molar-refractivity contribution is 7.99. The minimum absolute atomic E-state index is 0.136. The van der Waals surface area contributed by atoms with E-state index in [1.54, 1.807) is 0 Å². The second-order valence-electron chi connectivity index (χ2n) is 4.37.